The van der Waals surface area contributed by atoms with Gasteiger partial charge in [0.15, 0.2) is 17.5 Å². The number of aromatic carboxylic acids is 1. The molecule has 0 radical (unpaired) electrons. The second kappa shape index (κ2) is 33.0. The topological polar surface area (TPSA) is 448 Å². The number of aliphatic hydroxyl groups excluding tert-OH is 2. The molecule has 12 N–H and O–H groups in total. The number of piperidine rings is 2. The Morgan fingerprint density at radius 2 is 0.884 bits per heavy atom. The van der Waals surface area contributed by atoms with Gasteiger partial charge in [-0.25, -0.2) is 19.7 Å². The lowest BCUT2D eigenvalue weighted by Crippen LogP contribution is -2.39. The molecule has 5 aliphatic heterocycles. The highest BCUT2D eigenvalue weighted by atomic mass is 35.5. The number of nitrogen functional groups attached to an aromatic ring is 3. The Labute approximate surface area is 658 Å². The number of carbonyl (C=O) groups excluding carboxylic acids is 5. The van der Waals surface area contributed by atoms with E-state index in [9.17, 15) is 44.1 Å². The molecule has 5 aliphatic rings. The fourth-order valence-corrected chi connectivity index (χ4v) is 15.4. The van der Waals surface area contributed by atoms with Crippen LogP contribution in [-0.4, -0.2) is 181 Å². The summed E-state index contributed by atoms with van der Waals surface area (Å²) in [5.74, 6) is 0.835. The van der Waals surface area contributed by atoms with Crippen LogP contribution in [0.4, 0.5) is 35.3 Å². The molecule has 5 amide bonds. The Morgan fingerprint density at radius 1 is 0.536 bits per heavy atom. The summed E-state index contributed by atoms with van der Waals surface area (Å²) in [6, 6.07) is 3.39. The van der Waals surface area contributed by atoms with Crippen molar-refractivity contribution in [3.05, 3.63) is 171 Å². The van der Waals surface area contributed by atoms with E-state index < -0.39 is 5.97 Å². The molecule has 0 spiro atoms. The van der Waals surface area contributed by atoms with Crippen LogP contribution in [0.15, 0.2) is 43.1 Å². The molecule has 2 saturated heterocycles. The Bertz CT molecular complexity index is 5380. The number of aliphatic hydroxyl groups is 2. The Morgan fingerprint density at radius 3 is 1.21 bits per heavy atom. The van der Waals surface area contributed by atoms with Crippen molar-refractivity contribution in [2.45, 2.75) is 113 Å². The van der Waals surface area contributed by atoms with Crippen LogP contribution in [0, 0.1) is 61.3 Å². The fourth-order valence-electron chi connectivity index (χ4n) is 14.6. The number of aromatic amines is 3. The third-order valence-corrected chi connectivity index (χ3v) is 21.3. The molecule has 9 aromatic rings. The fraction of sp³-hybridized carbons (Fsp3) is 0.338. The number of pyridine rings is 3. The van der Waals surface area contributed by atoms with Gasteiger partial charge in [0.25, 0.3) is 29.5 Å². The molecule has 32 nitrogen and oxygen atoms in total. The van der Waals surface area contributed by atoms with Crippen LogP contribution < -0.4 is 46.1 Å². The molecule has 112 heavy (non-hydrogen) atoms. The van der Waals surface area contributed by atoms with E-state index >= 15 is 0 Å². The summed E-state index contributed by atoms with van der Waals surface area (Å²) >= 11 is 19.4. The average Bonchev–Trinajstić information content (AvgIpc) is 1.61. The van der Waals surface area contributed by atoms with E-state index in [0.29, 0.717) is 141 Å². The molecule has 0 saturated carbocycles. The number of nitrogens with zero attached hydrogens (tertiary/aromatic N) is 14. The van der Waals surface area contributed by atoms with E-state index in [2.05, 4.69) is 59.8 Å². The van der Waals surface area contributed by atoms with Gasteiger partial charge in [-0.3, -0.25) is 53.6 Å². The Balaban J connectivity index is 0.000000156. The normalized spacial score (nSPS) is 15.9. The van der Waals surface area contributed by atoms with Crippen molar-refractivity contribution in [3.63, 3.8) is 0 Å². The molecule has 2 fully saturated rings. The van der Waals surface area contributed by atoms with E-state index in [1.165, 1.54) is 14.7 Å². The van der Waals surface area contributed by atoms with E-state index in [4.69, 9.17) is 66.2 Å². The van der Waals surface area contributed by atoms with Gasteiger partial charge in [0.1, 0.15) is 32.7 Å². The van der Waals surface area contributed by atoms with E-state index in [1.807, 2.05) is 46.4 Å². The minimum atomic E-state index is -1.06. The van der Waals surface area contributed by atoms with Crippen molar-refractivity contribution in [2.24, 2.45) is 5.92 Å². The number of likely N-dealkylation sites (tertiary alicyclic amines) is 2. The molecule has 0 aliphatic carbocycles. The molecule has 0 unspecified atom stereocenters. The van der Waals surface area contributed by atoms with Gasteiger partial charge in [0.05, 0.1) is 114 Å². The highest BCUT2D eigenvalue weighted by molar-refractivity contribution is 6.43. The summed E-state index contributed by atoms with van der Waals surface area (Å²) in [7, 11) is 4.77. The summed E-state index contributed by atoms with van der Waals surface area (Å²) in [6.07, 6.45) is 16.4. The molecule has 0 bridgehead atoms. The highest BCUT2D eigenvalue weighted by Gasteiger charge is 2.42. The number of nitrogens with one attached hydrogen (secondary N) is 3. The molecule has 0 atom stereocenters. The number of carbonyl (C=O) groups is 6. The summed E-state index contributed by atoms with van der Waals surface area (Å²) in [5.41, 5.74) is 30.1. The predicted octanol–water partition coefficient (Wildman–Crippen LogP) is 9.59. The van der Waals surface area contributed by atoms with Crippen molar-refractivity contribution in [1.29, 1.82) is 0 Å². The molecule has 35 heteroatoms. The molecule has 584 valence electrons. The number of ether oxygens (including phenoxy) is 3. The van der Waals surface area contributed by atoms with Gasteiger partial charge in [-0.1, -0.05) is 34.8 Å². The predicted molar refractivity (Wildman–Crippen MR) is 423 cm³/mol. The summed E-state index contributed by atoms with van der Waals surface area (Å²) in [4.78, 5) is 134. The van der Waals surface area contributed by atoms with E-state index in [-0.39, 0.29) is 129 Å². The smallest absolute Gasteiger partial charge is 0.337 e. The number of hydrogen-bond acceptors (Lipinski definition) is 23. The first-order valence-electron chi connectivity index (χ1n) is 35.7. The molecule has 14 rings (SSSR count). The number of hydrogen-bond donors (Lipinski definition) is 9. The van der Waals surface area contributed by atoms with Crippen molar-refractivity contribution in [1.82, 2.24) is 69.6 Å². The number of fused-ring (bicyclic) bond motifs is 3. The zero-order chi connectivity index (χ0) is 80.6. The van der Waals surface area contributed by atoms with Gasteiger partial charge in [0, 0.05) is 120 Å². The largest absolute Gasteiger partial charge is 0.496 e. The number of rotatable bonds is 17. The number of carboxylic acid groups (broad SMARTS) is 1. The summed E-state index contributed by atoms with van der Waals surface area (Å²) in [5, 5.41) is 28.6. The number of methoxy groups -OCH3 is 3. The van der Waals surface area contributed by atoms with Crippen molar-refractivity contribution in [3.8, 4) is 17.2 Å². The SMILES string of the molecule is COc1c(C)cnc(CN2C(=O)/C(=C\c3[nH]c(C)c(C(=O)O)c3C)c3c(Cl)nc(N)nc32)c1C.COc1c(C)cnc(CN2C(=O)/C(=C\c3cc(C(=O)N4CCC(CCO)CC4)c[nH]3)c3c(Cl)nc(N)nc32)c1C.COc1c(C)cnc(CN2C(=O)/C(=C\c3cc(C(=O)N4CCC(O)CC4)c[nH]3)c3c(Cl)nc(N)nc32)c1C. The second-order valence-electron chi connectivity index (χ2n) is 27.6. The molecular weight excluding hydrogens is 1500 g/mol. The van der Waals surface area contributed by atoms with Gasteiger partial charge >= 0.3 is 5.97 Å². The zero-order valence-electron chi connectivity index (χ0n) is 63.3. The van der Waals surface area contributed by atoms with Crippen molar-refractivity contribution < 1.29 is 58.3 Å². The maximum Gasteiger partial charge on any atom is 0.337 e. The van der Waals surface area contributed by atoms with Crippen LogP contribution in [0.1, 0.15) is 159 Å². The number of aromatic nitrogens is 12. The van der Waals surface area contributed by atoms with Crippen LogP contribution in [0.2, 0.25) is 15.5 Å². The van der Waals surface area contributed by atoms with Gasteiger partial charge in [-0.15, -0.1) is 0 Å². The molecule has 9 aromatic heterocycles. The molecule has 0 aromatic carbocycles. The number of nitrogens with two attached hydrogens (primary N) is 3. The first-order valence-corrected chi connectivity index (χ1v) is 36.8. The minimum Gasteiger partial charge on any atom is -0.496 e. The summed E-state index contributed by atoms with van der Waals surface area (Å²) < 4.78 is 16.5. The molecular formula is C77H83Cl3N20O12. The quantitative estimate of drug-likeness (QED) is 0.0302. The van der Waals surface area contributed by atoms with Crippen molar-refractivity contribution in [2.75, 3.05) is 86.0 Å². The van der Waals surface area contributed by atoms with Crippen molar-refractivity contribution >= 4 is 141 Å². The lowest BCUT2D eigenvalue weighted by atomic mass is 9.93. The number of amides is 5. The van der Waals surface area contributed by atoms with Crippen LogP contribution in [0.25, 0.3) is 34.9 Å². The second-order valence-corrected chi connectivity index (χ2v) is 28.7. The number of anilines is 6. The lowest BCUT2D eigenvalue weighted by molar-refractivity contribution is -0.113. The Hall–Kier alpha value is -11.8. The number of carboxylic acids is 1. The Kier molecular flexibility index (Phi) is 23.5. The van der Waals surface area contributed by atoms with Crippen LogP contribution >= 0.6 is 34.8 Å². The van der Waals surface area contributed by atoms with Gasteiger partial charge in [-0.2, -0.15) is 15.0 Å². The van der Waals surface area contributed by atoms with E-state index in [0.717, 1.165) is 52.6 Å². The standard InChI is InChI=1S/C28H32ClN7O4.C26H28ClN7O4.C23H23ClN6O4/c1-15-12-32-21(16(2)23(15)40-3)14-36-25-22(24(29)33-28(30)34-25)20(27(36)39)11-19-10-18(13-31-19)26(38)35-7-4-17(5-8-35)6-9-37;1-13-10-30-19(14(2)21(13)38-3)12-34-23-20(22(27)31-26(28)32-23)18(25(34)37)9-16-8-15(11-29-16)24(36)33-6-4-17(35)5-7-33;1-9-7-26-15(11(3)18(9)34-5)8-30-20-17(19(24)28-23(25)29-20)13(21(30)31)6-14-10(2)16(22(32)33)12(4)27-14/h10-13,17,31,37H,4-9,14H2,1-3H3,(H2,30,33,34);8-11,17,29,35H,4-7,12H2,1-3H3,(H2,28,31,32);6-7,27H,8H2,1-5H3,(H,32,33)(H2,25,28,29)/b20-11-;18-9-;13-6-. The third kappa shape index (κ3) is 15.8. The molecule has 14 heterocycles. The number of H-pyrrole nitrogens is 3. The summed E-state index contributed by atoms with van der Waals surface area (Å²) in [6.45, 7) is 17.5. The number of halogens is 3. The first kappa shape index (κ1) is 79.7. The average molecular weight is 1590 g/mol. The maximum atomic E-state index is 13.8. The van der Waals surface area contributed by atoms with Gasteiger partial charge in [-0.05, 0) is 129 Å². The van der Waals surface area contributed by atoms with E-state index in [1.54, 1.807) is 101 Å². The number of aryl methyl sites for hydroxylation is 4. The van der Waals surface area contributed by atoms with Crippen LogP contribution in [0.3, 0.4) is 0 Å². The third-order valence-electron chi connectivity index (χ3n) is 20.4. The zero-order valence-corrected chi connectivity index (χ0v) is 65.5. The van der Waals surface area contributed by atoms with Crippen LogP contribution in [0.5, 0.6) is 17.2 Å². The van der Waals surface area contributed by atoms with Gasteiger partial charge < -0.3 is 71.5 Å². The first-order chi connectivity index (χ1) is 53.4. The van der Waals surface area contributed by atoms with Gasteiger partial charge in [0.2, 0.25) is 17.8 Å². The lowest BCUT2D eigenvalue weighted by Gasteiger charge is -2.31. The van der Waals surface area contributed by atoms with Crippen LogP contribution in [-0.2, 0) is 34.0 Å². The highest BCUT2D eigenvalue weighted by Crippen LogP contribution is 2.46. The minimum absolute atomic E-state index is 0.0233. The maximum absolute atomic E-state index is 13.8. The monoisotopic (exact) mass is 1580 g/mol.